The molecule has 0 aliphatic carbocycles. The summed E-state index contributed by atoms with van der Waals surface area (Å²) in [6, 6.07) is 5.05. The molecule has 2 unspecified atom stereocenters. The average Bonchev–Trinajstić information content (AvgIpc) is 2.92. The standard InChI is InChI=1S/C12H16N6O2/c1-7-4-5-10(6-11(7)18(19)20)8(2)13-9(3)12-14-16-17-15-12/h4-6,8-9,13H,1-3H3,(H,14,15,16,17). The van der Waals surface area contributed by atoms with E-state index in [1.807, 2.05) is 19.9 Å². The fourth-order valence-corrected chi connectivity index (χ4v) is 1.99. The van der Waals surface area contributed by atoms with Crippen molar-refractivity contribution in [2.75, 3.05) is 0 Å². The van der Waals surface area contributed by atoms with Gasteiger partial charge in [-0.2, -0.15) is 5.21 Å². The van der Waals surface area contributed by atoms with E-state index in [-0.39, 0.29) is 22.7 Å². The van der Waals surface area contributed by atoms with Gasteiger partial charge >= 0.3 is 0 Å². The summed E-state index contributed by atoms with van der Waals surface area (Å²) < 4.78 is 0. The number of nitro groups is 1. The highest BCUT2D eigenvalue weighted by Gasteiger charge is 2.17. The summed E-state index contributed by atoms with van der Waals surface area (Å²) in [6.45, 7) is 5.57. The number of tetrazole rings is 1. The zero-order chi connectivity index (χ0) is 14.7. The first-order chi connectivity index (χ1) is 9.49. The highest BCUT2D eigenvalue weighted by Crippen LogP contribution is 2.24. The molecule has 8 heteroatoms. The predicted molar refractivity (Wildman–Crippen MR) is 72.0 cm³/mol. The molecule has 1 aromatic heterocycles. The molecule has 2 atom stereocenters. The molecule has 20 heavy (non-hydrogen) atoms. The maximum Gasteiger partial charge on any atom is 0.272 e. The van der Waals surface area contributed by atoms with Gasteiger partial charge in [0.25, 0.3) is 5.69 Å². The van der Waals surface area contributed by atoms with Crippen molar-refractivity contribution < 1.29 is 4.92 Å². The summed E-state index contributed by atoms with van der Waals surface area (Å²) in [6.07, 6.45) is 0. The maximum atomic E-state index is 11.0. The van der Waals surface area contributed by atoms with Crippen LogP contribution in [0.25, 0.3) is 0 Å². The molecule has 0 aliphatic heterocycles. The molecular weight excluding hydrogens is 260 g/mol. The van der Waals surface area contributed by atoms with Crippen molar-refractivity contribution in [2.45, 2.75) is 32.9 Å². The third kappa shape index (κ3) is 2.97. The summed E-state index contributed by atoms with van der Waals surface area (Å²) in [5.41, 5.74) is 1.62. The highest BCUT2D eigenvalue weighted by molar-refractivity contribution is 5.43. The van der Waals surface area contributed by atoms with Crippen molar-refractivity contribution in [1.82, 2.24) is 25.9 Å². The number of rotatable bonds is 5. The minimum Gasteiger partial charge on any atom is -0.301 e. The summed E-state index contributed by atoms with van der Waals surface area (Å²) in [5, 5.41) is 27.9. The van der Waals surface area contributed by atoms with Gasteiger partial charge in [-0.1, -0.05) is 17.3 Å². The number of H-pyrrole nitrogens is 1. The van der Waals surface area contributed by atoms with Crippen LogP contribution in [0.5, 0.6) is 0 Å². The van der Waals surface area contributed by atoms with E-state index in [0.29, 0.717) is 11.4 Å². The number of aromatic nitrogens is 4. The lowest BCUT2D eigenvalue weighted by molar-refractivity contribution is -0.385. The van der Waals surface area contributed by atoms with Crippen molar-refractivity contribution in [2.24, 2.45) is 0 Å². The van der Waals surface area contributed by atoms with Crippen LogP contribution in [0.15, 0.2) is 18.2 Å². The Morgan fingerprint density at radius 2 is 2.10 bits per heavy atom. The molecule has 1 heterocycles. The fourth-order valence-electron chi connectivity index (χ4n) is 1.99. The Balaban J connectivity index is 2.15. The van der Waals surface area contributed by atoms with Gasteiger partial charge in [0, 0.05) is 17.7 Å². The number of nitro benzene ring substituents is 1. The summed E-state index contributed by atoms with van der Waals surface area (Å²) in [4.78, 5) is 10.6. The molecule has 0 aliphatic rings. The van der Waals surface area contributed by atoms with Crippen LogP contribution in [-0.2, 0) is 0 Å². The van der Waals surface area contributed by atoms with Crippen LogP contribution in [0.3, 0.4) is 0 Å². The van der Waals surface area contributed by atoms with Crippen LogP contribution in [0.2, 0.25) is 0 Å². The minimum atomic E-state index is -0.367. The van der Waals surface area contributed by atoms with E-state index in [0.717, 1.165) is 5.56 Å². The number of hydrogen-bond donors (Lipinski definition) is 2. The van der Waals surface area contributed by atoms with Crippen molar-refractivity contribution >= 4 is 5.69 Å². The minimum absolute atomic E-state index is 0.0669. The molecule has 8 nitrogen and oxygen atoms in total. The number of nitrogens with zero attached hydrogens (tertiary/aromatic N) is 4. The molecule has 2 N–H and O–H groups in total. The molecule has 0 spiro atoms. The summed E-state index contributed by atoms with van der Waals surface area (Å²) in [7, 11) is 0. The second kappa shape index (κ2) is 5.74. The van der Waals surface area contributed by atoms with Gasteiger partial charge < -0.3 is 5.32 Å². The Morgan fingerprint density at radius 1 is 1.35 bits per heavy atom. The van der Waals surface area contributed by atoms with Crippen LogP contribution >= 0.6 is 0 Å². The molecule has 2 aromatic rings. The first kappa shape index (κ1) is 14.1. The van der Waals surface area contributed by atoms with E-state index in [1.165, 1.54) is 0 Å². The van der Waals surface area contributed by atoms with Gasteiger partial charge in [0.05, 0.1) is 11.0 Å². The van der Waals surface area contributed by atoms with Gasteiger partial charge in [-0.15, -0.1) is 10.2 Å². The van der Waals surface area contributed by atoms with E-state index < -0.39 is 0 Å². The largest absolute Gasteiger partial charge is 0.301 e. The van der Waals surface area contributed by atoms with Gasteiger partial charge in [-0.25, -0.2) is 0 Å². The van der Waals surface area contributed by atoms with Crippen LogP contribution < -0.4 is 5.32 Å². The predicted octanol–water partition coefficient (Wildman–Crippen LogP) is 1.83. The summed E-state index contributed by atoms with van der Waals surface area (Å²) >= 11 is 0. The molecular formula is C12H16N6O2. The zero-order valence-corrected chi connectivity index (χ0v) is 11.5. The van der Waals surface area contributed by atoms with E-state index in [1.54, 1.807) is 19.1 Å². The van der Waals surface area contributed by atoms with Gasteiger partial charge in [0.15, 0.2) is 5.82 Å². The molecule has 0 saturated carbocycles. The van der Waals surface area contributed by atoms with Gasteiger partial charge in [0.2, 0.25) is 0 Å². The number of aromatic amines is 1. The smallest absolute Gasteiger partial charge is 0.272 e. The third-order valence-corrected chi connectivity index (χ3v) is 3.18. The number of nitrogens with one attached hydrogen (secondary N) is 2. The monoisotopic (exact) mass is 276 g/mol. The van der Waals surface area contributed by atoms with Crippen LogP contribution in [0.4, 0.5) is 5.69 Å². The Bertz CT molecular complexity index is 598. The number of aryl methyl sites for hydroxylation is 1. The van der Waals surface area contributed by atoms with Crippen molar-refractivity contribution in [3.05, 3.63) is 45.3 Å². The lowest BCUT2D eigenvalue weighted by atomic mass is 10.0. The molecule has 106 valence electrons. The molecule has 0 saturated heterocycles. The lowest BCUT2D eigenvalue weighted by Gasteiger charge is -2.18. The topological polar surface area (TPSA) is 110 Å². The normalized spacial score (nSPS) is 13.9. The second-order valence-electron chi connectivity index (χ2n) is 4.68. The van der Waals surface area contributed by atoms with Gasteiger partial charge in [0.1, 0.15) is 0 Å². The SMILES string of the molecule is Cc1ccc(C(C)NC(C)c2nn[nH]n2)cc1[N+](=O)[O-]. The van der Waals surface area contributed by atoms with E-state index in [2.05, 4.69) is 25.9 Å². The molecule has 0 radical (unpaired) electrons. The Morgan fingerprint density at radius 3 is 2.70 bits per heavy atom. The lowest BCUT2D eigenvalue weighted by Crippen LogP contribution is -2.23. The quantitative estimate of drug-likeness (QED) is 0.636. The maximum absolute atomic E-state index is 11.0. The third-order valence-electron chi connectivity index (χ3n) is 3.18. The summed E-state index contributed by atoms with van der Waals surface area (Å²) in [5.74, 6) is 0.554. The second-order valence-corrected chi connectivity index (χ2v) is 4.68. The molecule has 0 bridgehead atoms. The van der Waals surface area contributed by atoms with Crippen molar-refractivity contribution in [1.29, 1.82) is 0 Å². The molecule has 2 rings (SSSR count). The molecule has 0 fully saturated rings. The Labute approximate surface area is 115 Å². The van der Waals surface area contributed by atoms with E-state index in [9.17, 15) is 10.1 Å². The van der Waals surface area contributed by atoms with Gasteiger partial charge in [-0.3, -0.25) is 10.1 Å². The zero-order valence-electron chi connectivity index (χ0n) is 11.5. The van der Waals surface area contributed by atoms with Crippen LogP contribution in [0, 0.1) is 17.0 Å². The molecule has 1 aromatic carbocycles. The van der Waals surface area contributed by atoms with Crippen LogP contribution in [-0.4, -0.2) is 25.5 Å². The van der Waals surface area contributed by atoms with Crippen molar-refractivity contribution in [3.8, 4) is 0 Å². The first-order valence-corrected chi connectivity index (χ1v) is 6.23. The number of hydrogen-bond acceptors (Lipinski definition) is 6. The van der Waals surface area contributed by atoms with Gasteiger partial charge in [-0.05, 0) is 26.3 Å². The Kier molecular flexibility index (Phi) is 4.04. The highest BCUT2D eigenvalue weighted by atomic mass is 16.6. The first-order valence-electron chi connectivity index (χ1n) is 6.23. The Hall–Kier alpha value is -2.35. The molecule has 0 amide bonds. The average molecular weight is 276 g/mol. The van der Waals surface area contributed by atoms with Crippen molar-refractivity contribution in [3.63, 3.8) is 0 Å². The number of benzene rings is 1. The van der Waals surface area contributed by atoms with E-state index >= 15 is 0 Å². The van der Waals surface area contributed by atoms with E-state index in [4.69, 9.17) is 0 Å². The fraction of sp³-hybridized carbons (Fsp3) is 0.417. The van der Waals surface area contributed by atoms with Crippen LogP contribution in [0.1, 0.15) is 42.9 Å².